The molecule has 3 heterocycles. The van der Waals surface area contributed by atoms with Crippen molar-refractivity contribution in [1.29, 1.82) is 0 Å². The highest BCUT2D eigenvalue weighted by Gasteiger charge is 2.32. The fraction of sp³-hybridized carbons (Fsp3) is 0.526. The standard InChI is InChI=1S/C19H25N5O2.ClH/c1-12-4-5-16-17(10-12)26-13(2)11-23(16)19(25)18-14(3)24(22-21-18)15-6-8-20-9-7-15;/h4-5,10,13,15,20H,6-9,11H2,1-3H3;1H. The zero-order chi connectivity index (χ0) is 18.3. The van der Waals surface area contributed by atoms with Crippen molar-refractivity contribution in [3.63, 3.8) is 0 Å². The lowest BCUT2D eigenvalue weighted by atomic mass is 10.1. The van der Waals surface area contributed by atoms with E-state index in [-0.39, 0.29) is 24.4 Å². The van der Waals surface area contributed by atoms with Crippen LogP contribution in [0.3, 0.4) is 0 Å². The Hall–Kier alpha value is -2.12. The van der Waals surface area contributed by atoms with E-state index in [1.165, 1.54) is 0 Å². The van der Waals surface area contributed by atoms with Gasteiger partial charge in [-0.1, -0.05) is 11.3 Å². The molecule has 0 aliphatic carbocycles. The van der Waals surface area contributed by atoms with Gasteiger partial charge in [0.25, 0.3) is 5.91 Å². The van der Waals surface area contributed by atoms with Gasteiger partial charge in [-0.2, -0.15) is 0 Å². The number of anilines is 1. The van der Waals surface area contributed by atoms with E-state index in [1.807, 2.05) is 43.7 Å². The average molecular weight is 392 g/mol. The van der Waals surface area contributed by atoms with Crippen LogP contribution >= 0.6 is 12.4 Å². The smallest absolute Gasteiger partial charge is 0.280 e. The number of hydrogen-bond donors (Lipinski definition) is 1. The highest BCUT2D eigenvalue weighted by molar-refractivity contribution is 6.06. The normalized spacial score (nSPS) is 19.8. The van der Waals surface area contributed by atoms with E-state index >= 15 is 0 Å². The summed E-state index contributed by atoms with van der Waals surface area (Å²) >= 11 is 0. The van der Waals surface area contributed by atoms with Crippen LogP contribution in [0.25, 0.3) is 0 Å². The molecule has 0 bridgehead atoms. The zero-order valence-electron chi connectivity index (χ0n) is 15.9. The van der Waals surface area contributed by atoms with Gasteiger partial charge in [0.1, 0.15) is 11.9 Å². The third kappa shape index (κ3) is 3.66. The second-order valence-electron chi connectivity index (χ2n) is 7.26. The van der Waals surface area contributed by atoms with Gasteiger partial charge in [0.05, 0.1) is 24.0 Å². The Bertz CT molecular complexity index is 832. The van der Waals surface area contributed by atoms with Crippen LogP contribution < -0.4 is 15.0 Å². The average Bonchev–Trinajstić information content (AvgIpc) is 3.02. The molecule has 0 saturated carbocycles. The van der Waals surface area contributed by atoms with Gasteiger partial charge in [0.15, 0.2) is 5.69 Å². The molecule has 1 unspecified atom stereocenters. The lowest BCUT2D eigenvalue weighted by Crippen LogP contribution is -2.42. The van der Waals surface area contributed by atoms with Crippen LogP contribution in [0.15, 0.2) is 18.2 Å². The molecular formula is C19H26ClN5O2. The van der Waals surface area contributed by atoms with Crippen molar-refractivity contribution in [3.8, 4) is 5.75 Å². The molecule has 0 radical (unpaired) electrons. The molecule has 1 aromatic carbocycles. The summed E-state index contributed by atoms with van der Waals surface area (Å²) in [5, 5.41) is 11.9. The fourth-order valence-electron chi connectivity index (χ4n) is 3.80. The molecule has 27 heavy (non-hydrogen) atoms. The molecule has 1 amide bonds. The highest BCUT2D eigenvalue weighted by Crippen LogP contribution is 2.35. The number of benzene rings is 1. The van der Waals surface area contributed by atoms with Crippen molar-refractivity contribution >= 4 is 24.0 Å². The number of fused-ring (bicyclic) bond motifs is 1. The lowest BCUT2D eigenvalue weighted by Gasteiger charge is -2.33. The number of aromatic nitrogens is 3. The summed E-state index contributed by atoms with van der Waals surface area (Å²) in [6.45, 7) is 8.39. The summed E-state index contributed by atoms with van der Waals surface area (Å²) in [6.07, 6.45) is 1.95. The molecular weight excluding hydrogens is 366 g/mol. The van der Waals surface area contributed by atoms with Crippen molar-refractivity contribution in [2.75, 3.05) is 24.5 Å². The number of nitrogens with zero attached hydrogens (tertiary/aromatic N) is 4. The molecule has 1 saturated heterocycles. The maximum Gasteiger partial charge on any atom is 0.280 e. The summed E-state index contributed by atoms with van der Waals surface area (Å²) in [4.78, 5) is 15.0. The first kappa shape index (κ1) is 19.6. The molecule has 1 N–H and O–H groups in total. The molecule has 8 heteroatoms. The zero-order valence-corrected chi connectivity index (χ0v) is 16.8. The quantitative estimate of drug-likeness (QED) is 0.852. The monoisotopic (exact) mass is 391 g/mol. The topological polar surface area (TPSA) is 72.3 Å². The molecule has 1 atom stereocenters. The Kier molecular flexibility index (Phi) is 5.72. The predicted octanol–water partition coefficient (Wildman–Crippen LogP) is 2.67. The number of piperidine rings is 1. The lowest BCUT2D eigenvalue weighted by molar-refractivity contribution is 0.0955. The minimum absolute atomic E-state index is 0. The van der Waals surface area contributed by atoms with Crippen LogP contribution in [0.1, 0.15) is 47.6 Å². The highest BCUT2D eigenvalue weighted by atomic mass is 35.5. The largest absolute Gasteiger partial charge is 0.487 e. The van der Waals surface area contributed by atoms with E-state index in [9.17, 15) is 4.79 Å². The third-order valence-corrected chi connectivity index (χ3v) is 5.20. The van der Waals surface area contributed by atoms with Crippen molar-refractivity contribution < 1.29 is 9.53 Å². The number of amides is 1. The molecule has 146 valence electrons. The molecule has 2 aliphatic rings. The number of aryl methyl sites for hydroxylation is 1. The van der Waals surface area contributed by atoms with Crippen LogP contribution in [-0.4, -0.2) is 46.6 Å². The van der Waals surface area contributed by atoms with Crippen molar-refractivity contribution in [1.82, 2.24) is 20.3 Å². The Morgan fingerprint density at radius 2 is 2.00 bits per heavy atom. The molecule has 2 aliphatic heterocycles. The second kappa shape index (κ2) is 7.86. The van der Waals surface area contributed by atoms with E-state index in [4.69, 9.17) is 4.74 Å². The molecule has 7 nitrogen and oxygen atoms in total. The Morgan fingerprint density at radius 3 is 2.74 bits per heavy atom. The van der Waals surface area contributed by atoms with Gasteiger partial charge in [0.2, 0.25) is 0 Å². The number of nitrogens with one attached hydrogen (secondary N) is 1. The van der Waals surface area contributed by atoms with Crippen LogP contribution in [0.4, 0.5) is 5.69 Å². The Labute approximate surface area is 165 Å². The summed E-state index contributed by atoms with van der Waals surface area (Å²) in [5.41, 5.74) is 3.19. The SMILES string of the molecule is Cc1ccc2c(c1)OC(C)CN2C(=O)c1nnn(C2CCNCC2)c1C.Cl. The van der Waals surface area contributed by atoms with Crippen molar-refractivity contribution in [3.05, 3.63) is 35.2 Å². The number of carbonyl (C=O) groups excluding carboxylic acids is 1. The first-order valence-corrected chi connectivity index (χ1v) is 9.26. The molecule has 2 aromatic rings. The van der Waals surface area contributed by atoms with Gasteiger partial charge in [0, 0.05) is 0 Å². The van der Waals surface area contributed by atoms with Gasteiger partial charge in [-0.3, -0.25) is 9.69 Å². The minimum atomic E-state index is -0.108. The third-order valence-electron chi connectivity index (χ3n) is 5.20. The summed E-state index contributed by atoms with van der Waals surface area (Å²) in [6, 6.07) is 6.23. The number of carbonyl (C=O) groups is 1. The number of ether oxygens (including phenoxy) is 1. The maximum atomic E-state index is 13.3. The van der Waals surface area contributed by atoms with Gasteiger partial charge in [-0.15, -0.1) is 17.5 Å². The maximum absolute atomic E-state index is 13.3. The van der Waals surface area contributed by atoms with Crippen molar-refractivity contribution in [2.45, 2.75) is 45.8 Å². The minimum Gasteiger partial charge on any atom is -0.487 e. The molecule has 0 spiro atoms. The predicted molar refractivity (Wildman–Crippen MR) is 106 cm³/mol. The molecule has 1 aromatic heterocycles. The van der Waals surface area contributed by atoms with Gasteiger partial charge < -0.3 is 10.1 Å². The first-order valence-electron chi connectivity index (χ1n) is 9.26. The first-order chi connectivity index (χ1) is 12.5. The molecule has 1 fully saturated rings. The second-order valence-corrected chi connectivity index (χ2v) is 7.26. The van der Waals surface area contributed by atoms with E-state index in [2.05, 4.69) is 15.6 Å². The van der Waals surface area contributed by atoms with E-state index in [0.717, 1.165) is 48.6 Å². The Balaban J connectivity index is 0.00000210. The van der Waals surface area contributed by atoms with Crippen LogP contribution in [-0.2, 0) is 0 Å². The van der Waals surface area contributed by atoms with Gasteiger partial charge in [-0.25, -0.2) is 4.68 Å². The van der Waals surface area contributed by atoms with Crippen LogP contribution in [0.2, 0.25) is 0 Å². The summed E-state index contributed by atoms with van der Waals surface area (Å²) in [7, 11) is 0. The van der Waals surface area contributed by atoms with Crippen LogP contribution in [0.5, 0.6) is 5.75 Å². The number of rotatable bonds is 2. The van der Waals surface area contributed by atoms with E-state index in [1.54, 1.807) is 4.90 Å². The van der Waals surface area contributed by atoms with E-state index < -0.39 is 0 Å². The number of halogens is 1. The van der Waals surface area contributed by atoms with Gasteiger partial charge >= 0.3 is 0 Å². The van der Waals surface area contributed by atoms with Crippen LogP contribution in [0, 0.1) is 13.8 Å². The van der Waals surface area contributed by atoms with Crippen molar-refractivity contribution in [2.24, 2.45) is 0 Å². The van der Waals surface area contributed by atoms with E-state index in [0.29, 0.717) is 18.3 Å². The summed E-state index contributed by atoms with van der Waals surface area (Å²) < 4.78 is 7.84. The molecule has 4 rings (SSSR count). The fourth-order valence-corrected chi connectivity index (χ4v) is 3.80. The Morgan fingerprint density at radius 1 is 1.26 bits per heavy atom. The number of hydrogen-bond acceptors (Lipinski definition) is 5. The van der Waals surface area contributed by atoms with Gasteiger partial charge in [-0.05, 0) is 64.4 Å². The summed E-state index contributed by atoms with van der Waals surface area (Å²) in [5.74, 6) is 0.642.